The van der Waals surface area contributed by atoms with Crippen molar-refractivity contribution in [1.82, 2.24) is 0 Å². The lowest BCUT2D eigenvalue weighted by Crippen LogP contribution is -2.26. The molecule has 9 heteroatoms. The van der Waals surface area contributed by atoms with Crippen LogP contribution >= 0.6 is 0 Å². The van der Waals surface area contributed by atoms with Crippen molar-refractivity contribution in [3.63, 3.8) is 0 Å². The lowest BCUT2D eigenvalue weighted by molar-refractivity contribution is 0.0474. The number of halogens is 1. The Kier molecular flexibility index (Phi) is 6.89. The van der Waals surface area contributed by atoms with Crippen LogP contribution in [0.25, 0.3) is 0 Å². The summed E-state index contributed by atoms with van der Waals surface area (Å²) in [7, 11) is -1.07. The van der Waals surface area contributed by atoms with Crippen molar-refractivity contribution in [2.24, 2.45) is 0 Å². The second-order valence-electron chi connectivity index (χ2n) is 6.68. The van der Waals surface area contributed by atoms with Gasteiger partial charge < -0.3 is 9.47 Å². The molecule has 0 aliphatic heterocycles. The first-order valence-corrected chi connectivity index (χ1v) is 10.9. The van der Waals surface area contributed by atoms with E-state index < -0.39 is 34.2 Å². The van der Waals surface area contributed by atoms with E-state index in [0.717, 1.165) is 16.4 Å². The number of methoxy groups -OCH3 is 1. The number of esters is 1. The summed E-state index contributed by atoms with van der Waals surface area (Å²) in [4.78, 5) is 24.6. The number of sulfonamides is 1. The third kappa shape index (κ3) is 4.94. The molecule has 0 heterocycles. The highest BCUT2D eigenvalue weighted by Gasteiger charge is 2.22. The van der Waals surface area contributed by atoms with Gasteiger partial charge in [0.2, 0.25) is 5.78 Å². The smallest absolute Gasteiger partial charge is 0.338 e. The molecule has 3 aromatic rings. The molecule has 0 atom stereocenters. The minimum atomic E-state index is -3.83. The van der Waals surface area contributed by atoms with E-state index in [-0.39, 0.29) is 21.8 Å². The fraction of sp³-hybridized carbons (Fsp3) is 0.130. The lowest BCUT2D eigenvalue weighted by Gasteiger charge is -2.19. The number of Topliss-reactive ketones (excluding diaryl/α,β-unsaturated/α-hetero) is 1. The summed E-state index contributed by atoms with van der Waals surface area (Å²) < 4.78 is 50.2. The number of benzene rings is 3. The molecule has 0 aromatic heterocycles. The molecule has 3 aromatic carbocycles. The summed E-state index contributed by atoms with van der Waals surface area (Å²) in [6.07, 6.45) is 0. The molecule has 3 rings (SSSR count). The number of para-hydroxylation sites is 1. The predicted molar refractivity (Wildman–Crippen MR) is 116 cm³/mol. The SMILES string of the molecule is COc1ccc(F)cc1C(=O)COC(=O)c1ccc(S(=O)(=O)N(C)c2ccccc2)cc1. The molecule has 0 spiro atoms. The maximum Gasteiger partial charge on any atom is 0.338 e. The van der Waals surface area contributed by atoms with Crippen LogP contribution in [0.4, 0.5) is 10.1 Å². The fourth-order valence-electron chi connectivity index (χ4n) is 2.89. The van der Waals surface area contributed by atoms with E-state index in [1.54, 1.807) is 30.3 Å². The van der Waals surface area contributed by atoms with Crippen LogP contribution in [0.3, 0.4) is 0 Å². The highest BCUT2D eigenvalue weighted by molar-refractivity contribution is 7.92. The summed E-state index contributed by atoms with van der Waals surface area (Å²) >= 11 is 0. The van der Waals surface area contributed by atoms with Gasteiger partial charge in [0.1, 0.15) is 11.6 Å². The number of carbonyl (C=O) groups excluding carboxylic acids is 2. The van der Waals surface area contributed by atoms with Crippen molar-refractivity contribution in [2.75, 3.05) is 25.1 Å². The van der Waals surface area contributed by atoms with Gasteiger partial charge in [0.15, 0.2) is 6.61 Å². The van der Waals surface area contributed by atoms with Gasteiger partial charge in [-0.3, -0.25) is 9.10 Å². The quantitative estimate of drug-likeness (QED) is 0.379. The molecule has 0 saturated heterocycles. The molecular weight excluding hydrogens is 437 g/mol. The Balaban J connectivity index is 1.69. The van der Waals surface area contributed by atoms with E-state index >= 15 is 0 Å². The summed E-state index contributed by atoms with van der Waals surface area (Å²) in [5.41, 5.74) is 0.498. The van der Waals surface area contributed by atoms with Crippen molar-refractivity contribution >= 4 is 27.5 Å². The number of hydrogen-bond acceptors (Lipinski definition) is 6. The van der Waals surface area contributed by atoms with Crippen molar-refractivity contribution in [2.45, 2.75) is 4.90 Å². The Morgan fingerprint density at radius 1 is 0.969 bits per heavy atom. The monoisotopic (exact) mass is 457 g/mol. The zero-order chi connectivity index (χ0) is 23.3. The molecule has 0 unspecified atom stereocenters. The number of carbonyl (C=O) groups is 2. The summed E-state index contributed by atoms with van der Waals surface area (Å²) in [6.45, 7) is -0.630. The van der Waals surface area contributed by atoms with E-state index in [9.17, 15) is 22.4 Å². The van der Waals surface area contributed by atoms with Crippen LogP contribution in [0.2, 0.25) is 0 Å². The Hall–Kier alpha value is -3.72. The van der Waals surface area contributed by atoms with E-state index in [4.69, 9.17) is 9.47 Å². The van der Waals surface area contributed by atoms with Gasteiger partial charge in [-0.15, -0.1) is 0 Å². The second kappa shape index (κ2) is 9.61. The normalized spacial score (nSPS) is 11.0. The van der Waals surface area contributed by atoms with Gasteiger partial charge in [-0.2, -0.15) is 0 Å². The van der Waals surface area contributed by atoms with Gasteiger partial charge >= 0.3 is 5.97 Å². The van der Waals surface area contributed by atoms with E-state index in [2.05, 4.69) is 0 Å². The Morgan fingerprint density at radius 3 is 2.25 bits per heavy atom. The molecule has 0 saturated carbocycles. The van der Waals surface area contributed by atoms with Crippen LogP contribution in [0.15, 0.2) is 77.7 Å². The molecule has 32 heavy (non-hydrogen) atoms. The van der Waals surface area contributed by atoms with Gasteiger partial charge in [0.05, 0.1) is 28.8 Å². The molecular formula is C23H20FNO6S. The van der Waals surface area contributed by atoms with E-state index in [0.29, 0.717) is 5.69 Å². The molecule has 0 bridgehead atoms. The van der Waals surface area contributed by atoms with Crippen LogP contribution in [0.5, 0.6) is 5.75 Å². The number of rotatable bonds is 8. The molecule has 0 aliphatic carbocycles. The molecule has 0 radical (unpaired) electrons. The standard InChI is InChI=1S/C23H20FNO6S/c1-25(18-6-4-3-5-7-18)32(28,29)19-11-8-16(9-12-19)23(27)31-15-21(26)20-14-17(24)10-13-22(20)30-2/h3-14H,15H2,1-2H3. The molecule has 166 valence electrons. The van der Waals surface area contributed by atoms with Gasteiger partial charge in [0.25, 0.3) is 10.0 Å². The lowest BCUT2D eigenvalue weighted by atomic mass is 10.1. The van der Waals surface area contributed by atoms with Gasteiger partial charge in [-0.05, 0) is 54.6 Å². The number of nitrogens with zero attached hydrogens (tertiary/aromatic N) is 1. The largest absolute Gasteiger partial charge is 0.496 e. The zero-order valence-corrected chi connectivity index (χ0v) is 18.1. The third-order valence-electron chi connectivity index (χ3n) is 4.66. The van der Waals surface area contributed by atoms with Crippen molar-refractivity contribution in [1.29, 1.82) is 0 Å². The summed E-state index contributed by atoms with van der Waals surface area (Å²) in [6, 6.07) is 17.1. The first-order chi connectivity index (χ1) is 15.2. The Bertz CT molecular complexity index is 1230. The maximum atomic E-state index is 13.4. The zero-order valence-electron chi connectivity index (χ0n) is 17.3. The molecule has 0 amide bonds. The molecule has 0 fully saturated rings. The van der Waals surface area contributed by atoms with Crippen LogP contribution in [0, 0.1) is 5.82 Å². The second-order valence-corrected chi connectivity index (χ2v) is 8.65. The molecule has 7 nitrogen and oxygen atoms in total. The maximum absolute atomic E-state index is 13.4. The number of ketones is 1. The Labute approximate surface area is 185 Å². The number of anilines is 1. The Morgan fingerprint density at radius 2 is 1.62 bits per heavy atom. The minimum absolute atomic E-state index is 0.0130. The third-order valence-corrected chi connectivity index (χ3v) is 6.46. The van der Waals surface area contributed by atoms with Gasteiger partial charge in [-0.25, -0.2) is 17.6 Å². The summed E-state index contributed by atoms with van der Waals surface area (Å²) in [5, 5.41) is 0. The predicted octanol–water partition coefficient (Wildman–Crippen LogP) is 3.70. The van der Waals surface area contributed by atoms with Crippen molar-refractivity contribution in [3.8, 4) is 5.75 Å². The highest BCUT2D eigenvalue weighted by Crippen LogP contribution is 2.23. The van der Waals surface area contributed by atoms with Crippen LogP contribution in [0.1, 0.15) is 20.7 Å². The van der Waals surface area contributed by atoms with Crippen LogP contribution in [-0.2, 0) is 14.8 Å². The van der Waals surface area contributed by atoms with Gasteiger partial charge in [-0.1, -0.05) is 18.2 Å². The van der Waals surface area contributed by atoms with E-state index in [1.807, 2.05) is 0 Å². The highest BCUT2D eigenvalue weighted by atomic mass is 32.2. The minimum Gasteiger partial charge on any atom is -0.496 e. The number of ether oxygens (including phenoxy) is 2. The molecule has 0 N–H and O–H groups in total. The topological polar surface area (TPSA) is 90.0 Å². The first-order valence-electron chi connectivity index (χ1n) is 9.42. The average molecular weight is 457 g/mol. The average Bonchev–Trinajstić information content (AvgIpc) is 2.82. The van der Waals surface area contributed by atoms with Crippen molar-refractivity contribution in [3.05, 3.63) is 89.7 Å². The number of hydrogen-bond donors (Lipinski definition) is 0. The van der Waals surface area contributed by atoms with Crippen LogP contribution in [-0.4, -0.2) is 40.9 Å². The fourth-order valence-corrected chi connectivity index (χ4v) is 4.08. The summed E-state index contributed by atoms with van der Waals surface area (Å²) in [5.74, 6) is -1.94. The van der Waals surface area contributed by atoms with Gasteiger partial charge in [0, 0.05) is 7.05 Å². The molecule has 0 aliphatic rings. The van der Waals surface area contributed by atoms with E-state index in [1.165, 1.54) is 44.5 Å². The first kappa shape index (κ1) is 23.0. The van der Waals surface area contributed by atoms with Crippen LogP contribution < -0.4 is 9.04 Å². The van der Waals surface area contributed by atoms with Crippen molar-refractivity contribution < 1.29 is 31.9 Å².